The molecule has 2 rings (SSSR count). The topological polar surface area (TPSA) is 78.5 Å². The molecule has 1 aromatic carbocycles. The first kappa shape index (κ1) is 16.9. The number of alkyl halides is 1. The van der Waals surface area contributed by atoms with Gasteiger partial charge >= 0.3 is 0 Å². The summed E-state index contributed by atoms with van der Waals surface area (Å²) in [6.07, 6.45) is -0.704. The monoisotopic (exact) mass is 329 g/mol. The van der Waals surface area contributed by atoms with E-state index in [1.54, 1.807) is 7.05 Å². The van der Waals surface area contributed by atoms with Gasteiger partial charge in [0.15, 0.2) is 0 Å². The molecule has 6 nitrogen and oxygen atoms in total. The van der Waals surface area contributed by atoms with E-state index >= 15 is 0 Å². The second-order valence-corrected chi connectivity index (χ2v) is 7.12. The summed E-state index contributed by atoms with van der Waals surface area (Å²) < 4.78 is 39.1. The lowest BCUT2D eigenvalue weighted by Gasteiger charge is -2.24. The van der Waals surface area contributed by atoms with Gasteiger partial charge in [0.1, 0.15) is 6.17 Å². The predicted molar refractivity (Wildman–Crippen MR) is 81.0 cm³/mol. The summed E-state index contributed by atoms with van der Waals surface area (Å²) in [5.41, 5.74) is 0.352. The predicted octanol–water partition coefficient (Wildman–Crippen LogP) is 0.367. The minimum Gasteiger partial charge on any atom is -0.331 e. The summed E-state index contributed by atoms with van der Waals surface area (Å²) in [6.45, 7) is 0.597. The third kappa shape index (κ3) is 3.45. The highest BCUT2D eigenvalue weighted by Crippen LogP contribution is 2.23. The number of benzene rings is 1. The number of rotatable bonds is 5. The van der Waals surface area contributed by atoms with Gasteiger partial charge in [0, 0.05) is 24.6 Å². The number of nitrogens with zero attached hydrogens (tertiary/aromatic N) is 1. The first-order valence-corrected chi connectivity index (χ1v) is 8.50. The molecule has 0 unspecified atom stereocenters. The summed E-state index contributed by atoms with van der Waals surface area (Å²) in [6, 6.07) is 5.46. The van der Waals surface area contributed by atoms with Gasteiger partial charge in [0.25, 0.3) is 5.91 Å². The Morgan fingerprint density at radius 1 is 1.32 bits per heavy atom. The normalized spacial score (nSPS) is 22.0. The smallest absolute Gasteiger partial charge is 0.254 e. The molecule has 1 heterocycles. The largest absolute Gasteiger partial charge is 0.331 e. The number of likely N-dealkylation sites (N-methyl/N-ethyl adjacent to an activating group) is 1. The molecule has 1 amide bonds. The molecule has 0 saturated carbocycles. The maximum atomic E-state index is 13.6. The van der Waals surface area contributed by atoms with Crippen LogP contribution in [-0.4, -0.2) is 58.6 Å². The quantitative estimate of drug-likeness (QED) is 0.818. The lowest BCUT2D eigenvalue weighted by molar-refractivity contribution is 0.0729. The van der Waals surface area contributed by atoms with Gasteiger partial charge in [-0.15, -0.1) is 0 Å². The maximum Gasteiger partial charge on any atom is 0.254 e. The number of halogens is 1. The second kappa shape index (κ2) is 6.72. The van der Waals surface area contributed by atoms with Crippen molar-refractivity contribution in [1.82, 2.24) is 14.9 Å². The van der Waals surface area contributed by atoms with Crippen molar-refractivity contribution in [2.24, 2.45) is 0 Å². The van der Waals surface area contributed by atoms with Gasteiger partial charge in [-0.25, -0.2) is 17.5 Å². The Morgan fingerprint density at radius 2 is 1.95 bits per heavy atom. The number of amides is 1. The Hall–Kier alpha value is -1.51. The third-order valence-electron chi connectivity index (χ3n) is 3.74. The fourth-order valence-electron chi connectivity index (χ4n) is 2.60. The van der Waals surface area contributed by atoms with Crippen LogP contribution in [0.3, 0.4) is 0 Å². The SMILES string of the molecule is CNC[C@@H]1C[C@H](F)CN1C(=O)c1ccc(S(=O)(=O)NC)cc1. The van der Waals surface area contributed by atoms with Gasteiger partial charge in [-0.2, -0.15) is 0 Å². The van der Waals surface area contributed by atoms with Crippen molar-refractivity contribution in [2.75, 3.05) is 27.2 Å². The van der Waals surface area contributed by atoms with Crippen molar-refractivity contribution < 1.29 is 17.6 Å². The summed E-state index contributed by atoms with van der Waals surface area (Å²) in [7, 11) is -0.455. The molecule has 8 heteroatoms. The zero-order chi connectivity index (χ0) is 16.3. The van der Waals surface area contributed by atoms with E-state index in [-0.39, 0.29) is 23.4 Å². The molecule has 1 aromatic rings. The number of hydrogen-bond donors (Lipinski definition) is 2. The highest BCUT2D eigenvalue weighted by atomic mass is 32.2. The lowest BCUT2D eigenvalue weighted by Crippen LogP contribution is -2.40. The van der Waals surface area contributed by atoms with E-state index in [2.05, 4.69) is 10.0 Å². The van der Waals surface area contributed by atoms with Crippen LogP contribution >= 0.6 is 0 Å². The fourth-order valence-corrected chi connectivity index (χ4v) is 3.33. The minimum atomic E-state index is -3.53. The Labute approximate surface area is 129 Å². The molecule has 0 bridgehead atoms. The number of carbonyl (C=O) groups excluding carboxylic acids is 1. The maximum absolute atomic E-state index is 13.6. The van der Waals surface area contributed by atoms with Crippen LogP contribution in [0.2, 0.25) is 0 Å². The van der Waals surface area contributed by atoms with Gasteiger partial charge in [-0.1, -0.05) is 0 Å². The first-order valence-electron chi connectivity index (χ1n) is 7.02. The summed E-state index contributed by atoms with van der Waals surface area (Å²) >= 11 is 0. The zero-order valence-electron chi connectivity index (χ0n) is 12.5. The molecule has 2 N–H and O–H groups in total. The van der Waals surface area contributed by atoms with Gasteiger partial charge in [-0.05, 0) is 38.4 Å². The van der Waals surface area contributed by atoms with Crippen molar-refractivity contribution in [3.05, 3.63) is 29.8 Å². The van der Waals surface area contributed by atoms with Gasteiger partial charge in [0.2, 0.25) is 10.0 Å². The molecule has 1 saturated heterocycles. The number of hydrogen-bond acceptors (Lipinski definition) is 4. The Bertz CT molecular complexity index is 633. The summed E-state index contributed by atoms with van der Waals surface area (Å²) in [5.74, 6) is -0.284. The molecule has 22 heavy (non-hydrogen) atoms. The molecule has 0 aliphatic carbocycles. The van der Waals surface area contributed by atoms with Crippen LogP contribution in [0, 0.1) is 0 Å². The van der Waals surface area contributed by atoms with Crippen molar-refractivity contribution >= 4 is 15.9 Å². The molecule has 1 aliphatic heterocycles. The van der Waals surface area contributed by atoms with Crippen LogP contribution in [0.4, 0.5) is 4.39 Å². The van der Waals surface area contributed by atoms with E-state index in [9.17, 15) is 17.6 Å². The van der Waals surface area contributed by atoms with Crippen LogP contribution in [0.5, 0.6) is 0 Å². The Kier molecular flexibility index (Phi) is 5.15. The molecule has 122 valence electrons. The number of carbonyl (C=O) groups is 1. The van der Waals surface area contributed by atoms with Crippen molar-refractivity contribution in [3.8, 4) is 0 Å². The second-order valence-electron chi connectivity index (χ2n) is 5.23. The standard InChI is InChI=1S/C14H20FN3O3S/c1-16-8-12-7-11(15)9-18(12)14(19)10-3-5-13(6-4-10)22(20,21)17-2/h3-6,11-12,16-17H,7-9H2,1-2H3/t11-,12-/m0/s1. The van der Waals surface area contributed by atoms with Crippen LogP contribution < -0.4 is 10.0 Å². The van der Waals surface area contributed by atoms with E-state index in [0.29, 0.717) is 18.5 Å². The lowest BCUT2D eigenvalue weighted by atomic mass is 10.1. The molecule has 0 radical (unpaired) electrons. The highest BCUT2D eigenvalue weighted by Gasteiger charge is 2.35. The number of likely N-dealkylation sites (tertiary alicyclic amines) is 1. The summed E-state index contributed by atoms with van der Waals surface area (Å²) in [4.78, 5) is 14.1. The van der Waals surface area contributed by atoms with E-state index in [1.165, 1.54) is 36.2 Å². The van der Waals surface area contributed by atoms with Crippen molar-refractivity contribution in [3.63, 3.8) is 0 Å². The third-order valence-corrected chi connectivity index (χ3v) is 5.17. The fraction of sp³-hybridized carbons (Fsp3) is 0.500. The molecule has 2 atom stereocenters. The first-order chi connectivity index (χ1) is 10.4. The molecule has 0 aromatic heterocycles. The van der Waals surface area contributed by atoms with Gasteiger partial charge in [0.05, 0.1) is 11.4 Å². The van der Waals surface area contributed by atoms with E-state index in [1.807, 2.05) is 0 Å². The molecular formula is C14H20FN3O3S. The average Bonchev–Trinajstić information content (AvgIpc) is 2.88. The van der Waals surface area contributed by atoms with E-state index in [4.69, 9.17) is 0 Å². The molecular weight excluding hydrogens is 309 g/mol. The minimum absolute atomic E-state index is 0.0712. The van der Waals surface area contributed by atoms with Crippen LogP contribution in [0.1, 0.15) is 16.8 Å². The van der Waals surface area contributed by atoms with Crippen molar-refractivity contribution in [2.45, 2.75) is 23.5 Å². The molecule has 1 aliphatic rings. The van der Waals surface area contributed by atoms with Gasteiger partial charge < -0.3 is 10.2 Å². The molecule has 0 spiro atoms. The van der Waals surface area contributed by atoms with Crippen molar-refractivity contribution in [1.29, 1.82) is 0 Å². The van der Waals surface area contributed by atoms with Crippen LogP contribution in [0.15, 0.2) is 29.2 Å². The number of nitrogens with one attached hydrogen (secondary N) is 2. The van der Waals surface area contributed by atoms with E-state index in [0.717, 1.165) is 0 Å². The highest BCUT2D eigenvalue weighted by molar-refractivity contribution is 7.89. The Balaban J connectivity index is 2.19. The van der Waals surface area contributed by atoms with Gasteiger partial charge in [-0.3, -0.25) is 4.79 Å². The van der Waals surface area contributed by atoms with Crippen LogP contribution in [0.25, 0.3) is 0 Å². The Morgan fingerprint density at radius 3 is 2.50 bits per heavy atom. The molecule has 1 fully saturated rings. The zero-order valence-corrected chi connectivity index (χ0v) is 13.4. The average molecular weight is 329 g/mol. The van der Waals surface area contributed by atoms with E-state index < -0.39 is 16.2 Å². The summed E-state index contributed by atoms with van der Waals surface area (Å²) in [5, 5.41) is 2.95. The number of sulfonamides is 1. The van der Waals surface area contributed by atoms with Crippen LogP contribution in [-0.2, 0) is 10.0 Å².